The van der Waals surface area contributed by atoms with Gasteiger partial charge >= 0.3 is 0 Å². The number of anilines is 1. The Morgan fingerprint density at radius 3 is 2.68 bits per heavy atom. The fourth-order valence-corrected chi connectivity index (χ4v) is 4.46. The maximum Gasteiger partial charge on any atom is 0.150 e. The minimum atomic E-state index is 0.515. The average Bonchev–Trinajstić information content (AvgIpc) is 2.79. The number of piperazine rings is 1. The number of aromatic nitrogens is 3. The first-order valence-corrected chi connectivity index (χ1v) is 8.93. The first-order chi connectivity index (χ1) is 10.6. The lowest BCUT2D eigenvalue weighted by atomic mass is 9.77. The Bertz CT molecular complexity index is 691. The molecule has 6 nitrogen and oxygen atoms in total. The van der Waals surface area contributed by atoms with E-state index in [-0.39, 0.29) is 0 Å². The molecule has 2 atom stereocenters. The van der Waals surface area contributed by atoms with E-state index in [1.54, 1.807) is 6.20 Å². The first-order valence-electron chi connectivity index (χ1n) is 7.85. The highest BCUT2D eigenvalue weighted by atomic mass is 127. The highest BCUT2D eigenvalue weighted by molar-refractivity contribution is 14.1. The number of rotatable bonds is 2. The van der Waals surface area contributed by atoms with Crippen LogP contribution in [0.3, 0.4) is 0 Å². The molecule has 0 radical (unpaired) electrons. The zero-order valence-corrected chi connectivity index (χ0v) is 14.9. The van der Waals surface area contributed by atoms with Crippen LogP contribution in [-0.4, -0.2) is 63.4 Å². The molecule has 2 unspecified atom stereocenters. The van der Waals surface area contributed by atoms with Crippen molar-refractivity contribution >= 4 is 33.9 Å². The number of imidazole rings is 1. The number of hydrogen-bond donors (Lipinski definition) is 1. The molecule has 7 heteroatoms. The third kappa shape index (κ3) is 2.30. The van der Waals surface area contributed by atoms with E-state index in [0.29, 0.717) is 17.8 Å². The Balaban J connectivity index is 1.64. The number of fused-ring (bicyclic) bond motifs is 1. The number of likely N-dealkylation sites (N-methyl/N-ethyl adjacent to an activating group) is 1. The van der Waals surface area contributed by atoms with Crippen molar-refractivity contribution < 1.29 is 0 Å². The largest absolute Gasteiger partial charge is 0.382 e. The van der Waals surface area contributed by atoms with E-state index in [0.717, 1.165) is 15.0 Å². The minimum absolute atomic E-state index is 0.515. The third-order valence-corrected chi connectivity index (χ3v) is 5.90. The van der Waals surface area contributed by atoms with Gasteiger partial charge in [0.15, 0.2) is 5.82 Å². The zero-order chi connectivity index (χ0) is 15.3. The van der Waals surface area contributed by atoms with Crippen molar-refractivity contribution in [3.8, 4) is 0 Å². The van der Waals surface area contributed by atoms with Gasteiger partial charge in [-0.15, -0.1) is 0 Å². The molecule has 2 aromatic heterocycles. The van der Waals surface area contributed by atoms with Crippen LogP contribution < -0.4 is 5.73 Å². The maximum atomic E-state index is 6.03. The van der Waals surface area contributed by atoms with Gasteiger partial charge in [-0.2, -0.15) is 0 Å². The second-order valence-electron chi connectivity index (χ2n) is 6.38. The van der Waals surface area contributed by atoms with E-state index in [2.05, 4.69) is 48.8 Å². The topological polar surface area (TPSA) is 62.7 Å². The number of nitrogens with zero attached hydrogens (tertiary/aromatic N) is 5. The van der Waals surface area contributed by atoms with Crippen LogP contribution in [0.1, 0.15) is 24.6 Å². The second kappa shape index (κ2) is 5.61. The van der Waals surface area contributed by atoms with Gasteiger partial charge in [0.25, 0.3) is 0 Å². The lowest BCUT2D eigenvalue weighted by molar-refractivity contribution is 0.0525. The van der Waals surface area contributed by atoms with Crippen LogP contribution >= 0.6 is 22.6 Å². The van der Waals surface area contributed by atoms with E-state index >= 15 is 0 Å². The molecule has 2 fully saturated rings. The molecule has 2 aliphatic rings. The standard InChI is InChI=1S/C15H21IN6/c1-20-6-8-21(9-7-20)11-3-2-10(11)15-19-13(16)12-14(17)18-4-5-22(12)15/h4-5,10-11H,2-3,6-9H2,1H3,(H2,17,18). The smallest absolute Gasteiger partial charge is 0.150 e. The summed E-state index contributed by atoms with van der Waals surface area (Å²) in [5.41, 5.74) is 6.99. The van der Waals surface area contributed by atoms with Crippen LogP contribution in [0.5, 0.6) is 0 Å². The van der Waals surface area contributed by atoms with Gasteiger partial charge < -0.3 is 10.6 Å². The van der Waals surface area contributed by atoms with Crippen LogP contribution in [-0.2, 0) is 0 Å². The van der Waals surface area contributed by atoms with Gasteiger partial charge in [0.1, 0.15) is 15.0 Å². The van der Waals surface area contributed by atoms with Crippen molar-refractivity contribution in [3.63, 3.8) is 0 Å². The molecular formula is C15H21IN6. The number of halogens is 1. The van der Waals surface area contributed by atoms with Crippen molar-refractivity contribution in [1.29, 1.82) is 0 Å². The van der Waals surface area contributed by atoms with Crippen molar-refractivity contribution in [2.45, 2.75) is 24.8 Å². The highest BCUT2D eigenvalue weighted by Gasteiger charge is 2.40. The minimum Gasteiger partial charge on any atom is -0.382 e. The molecule has 1 saturated heterocycles. The van der Waals surface area contributed by atoms with Gasteiger partial charge in [-0.25, -0.2) is 9.97 Å². The molecule has 1 aliphatic carbocycles. The predicted octanol–water partition coefficient (Wildman–Crippen LogP) is 1.41. The van der Waals surface area contributed by atoms with Gasteiger partial charge in [-0.05, 0) is 42.5 Å². The molecule has 1 saturated carbocycles. The number of nitrogens with two attached hydrogens (primary N) is 1. The van der Waals surface area contributed by atoms with E-state index in [1.165, 1.54) is 39.0 Å². The molecule has 3 heterocycles. The normalized spacial score (nSPS) is 27.2. The van der Waals surface area contributed by atoms with Crippen molar-refractivity contribution in [2.75, 3.05) is 39.0 Å². The molecule has 22 heavy (non-hydrogen) atoms. The Hall–Kier alpha value is -0.930. The van der Waals surface area contributed by atoms with Gasteiger partial charge in [0.05, 0.1) is 0 Å². The lowest BCUT2D eigenvalue weighted by Gasteiger charge is -2.46. The van der Waals surface area contributed by atoms with Crippen LogP contribution in [0.2, 0.25) is 0 Å². The summed E-state index contributed by atoms with van der Waals surface area (Å²) < 4.78 is 3.11. The summed E-state index contributed by atoms with van der Waals surface area (Å²) in [6.07, 6.45) is 6.26. The second-order valence-corrected chi connectivity index (χ2v) is 7.40. The van der Waals surface area contributed by atoms with Crippen molar-refractivity contribution in [3.05, 3.63) is 21.9 Å². The molecule has 0 aromatic carbocycles. The molecule has 0 bridgehead atoms. The Kier molecular flexibility index (Phi) is 3.74. The fourth-order valence-electron chi connectivity index (χ4n) is 3.68. The Morgan fingerprint density at radius 2 is 2.00 bits per heavy atom. The van der Waals surface area contributed by atoms with Crippen LogP contribution in [0, 0.1) is 3.70 Å². The average molecular weight is 412 g/mol. The van der Waals surface area contributed by atoms with Gasteiger partial charge in [-0.3, -0.25) is 9.30 Å². The molecule has 0 amide bonds. The summed E-state index contributed by atoms with van der Waals surface area (Å²) in [7, 11) is 2.20. The van der Waals surface area contributed by atoms with Crippen LogP contribution in [0.4, 0.5) is 5.82 Å². The van der Waals surface area contributed by atoms with Crippen molar-refractivity contribution in [2.24, 2.45) is 0 Å². The molecule has 4 rings (SSSR count). The summed E-state index contributed by atoms with van der Waals surface area (Å²) in [4.78, 5) is 14.1. The molecule has 2 aromatic rings. The summed E-state index contributed by atoms with van der Waals surface area (Å²) in [6.45, 7) is 4.67. The van der Waals surface area contributed by atoms with Crippen LogP contribution in [0.25, 0.3) is 5.52 Å². The molecule has 0 spiro atoms. The summed E-state index contributed by atoms with van der Waals surface area (Å²) in [5, 5.41) is 0. The van der Waals surface area contributed by atoms with Gasteiger partial charge in [-0.1, -0.05) is 0 Å². The number of hydrogen-bond acceptors (Lipinski definition) is 5. The monoisotopic (exact) mass is 412 g/mol. The van der Waals surface area contributed by atoms with E-state index in [1.807, 2.05) is 6.20 Å². The highest BCUT2D eigenvalue weighted by Crippen LogP contribution is 2.41. The van der Waals surface area contributed by atoms with E-state index in [4.69, 9.17) is 10.7 Å². The lowest BCUT2D eigenvalue weighted by Crippen LogP contribution is -2.54. The van der Waals surface area contributed by atoms with Gasteiger partial charge in [0, 0.05) is 50.5 Å². The van der Waals surface area contributed by atoms with Crippen LogP contribution in [0.15, 0.2) is 12.4 Å². The summed E-state index contributed by atoms with van der Waals surface area (Å²) in [6, 6.07) is 0.629. The zero-order valence-electron chi connectivity index (χ0n) is 12.7. The summed E-state index contributed by atoms with van der Waals surface area (Å²) >= 11 is 2.27. The quantitative estimate of drug-likeness (QED) is 0.756. The molecule has 1 aliphatic heterocycles. The van der Waals surface area contributed by atoms with Crippen molar-refractivity contribution in [1.82, 2.24) is 24.2 Å². The number of nitrogen functional groups attached to an aromatic ring is 1. The molecule has 118 valence electrons. The fraction of sp³-hybridized carbons (Fsp3) is 0.600. The molecular weight excluding hydrogens is 391 g/mol. The predicted molar refractivity (Wildman–Crippen MR) is 94.9 cm³/mol. The van der Waals surface area contributed by atoms with E-state index in [9.17, 15) is 0 Å². The third-order valence-electron chi connectivity index (χ3n) is 5.14. The summed E-state index contributed by atoms with van der Waals surface area (Å²) in [5.74, 6) is 2.24. The maximum absolute atomic E-state index is 6.03. The SMILES string of the molecule is CN1CCN(C2CCC2c2nc(I)c3c(N)nccn23)CC1. The van der Waals surface area contributed by atoms with E-state index < -0.39 is 0 Å². The van der Waals surface area contributed by atoms with Gasteiger partial charge in [0.2, 0.25) is 0 Å². The molecule has 2 N–H and O–H groups in total. The Labute approximate surface area is 143 Å². The Morgan fingerprint density at radius 1 is 1.23 bits per heavy atom. The first kappa shape index (κ1) is 14.6.